The van der Waals surface area contributed by atoms with Crippen LogP contribution < -0.4 is 0 Å². The molecule has 0 unspecified atom stereocenters. The van der Waals surface area contributed by atoms with E-state index in [4.69, 9.17) is 4.74 Å². The number of Topliss-reactive ketones (excluding diaryl/α,β-unsaturated/α-hetero) is 1. The Morgan fingerprint density at radius 2 is 2.00 bits per heavy atom. The molecule has 1 saturated heterocycles. The maximum absolute atomic E-state index is 12.3. The molecule has 2 aliphatic rings. The van der Waals surface area contributed by atoms with E-state index < -0.39 is 5.54 Å². The third kappa shape index (κ3) is 2.14. The van der Waals surface area contributed by atoms with Gasteiger partial charge in [-0.25, -0.2) is 0 Å². The molecule has 0 atom stereocenters. The van der Waals surface area contributed by atoms with Crippen molar-refractivity contribution in [3.63, 3.8) is 0 Å². The molecule has 0 aromatic carbocycles. The summed E-state index contributed by atoms with van der Waals surface area (Å²) >= 11 is 0. The van der Waals surface area contributed by atoms with E-state index in [2.05, 4.69) is 4.90 Å². The largest absolute Gasteiger partial charge is 0.490 e. The molecule has 0 aliphatic carbocycles. The Balaban J connectivity index is 2.07. The lowest BCUT2D eigenvalue weighted by atomic mass is 9.92. The molecule has 0 radical (unpaired) electrons. The highest BCUT2D eigenvalue weighted by Crippen LogP contribution is 2.26. The smallest absolute Gasteiger partial charge is 0.216 e. The number of ether oxygens (including phenoxy) is 1. The van der Waals surface area contributed by atoms with Gasteiger partial charge in [-0.05, 0) is 45.9 Å². The minimum Gasteiger partial charge on any atom is -0.490 e. The number of nitrogens with zero attached hydrogens (tertiary/aromatic N) is 1. The van der Waals surface area contributed by atoms with Gasteiger partial charge >= 0.3 is 0 Å². The molecule has 3 nitrogen and oxygen atoms in total. The maximum Gasteiger partial charge on any atom is 0.216 e. The molecular formula is C13H21NO2. The molecule has 90 valence electrons. The molecule has 2 rings (SSSR count). The van der Waals surface area contributed by atoms with E-state index >= 15 is 0 Å². The zero-order valence-electron chi connectivity index (χ0n) is 10.3. The average molecular weight is 223 g/mol. The van der Waals surface area contributed by atoms with Crippen LogP contribution in [-0.4, -0.2) is 35.9 Å². The third-order valence-corrected chi connectivity index (χ3v) is 3.63. The Labute approximate surface area is 97.5 Å². The van der Waals surface area contributed by atoms with Crippen LogP contribution in [0.1, 0.15) is 39.5 Å². The average Bonchev–Trinajstić information content (AvgIpc) is 2.82. The number of carbonyl (C=O) groups is 1. The highest BCUT2D eigenvalue weighted by molar-refractivity contribution is 6.00. The zero-order valence-corrected chi connectivity index (χ0v) is 10.3. The second-order valence-electron chi connectivity index (χ2n) is 5.14. The standard InChI is InChI=1S/C13H21NO2/c1-13(2,14-8-4-3-5-9-14)12(15)11-7-6-10-16-11/h7H,3-6,8-10H2,1-2H3. The molecule has 0 saturated carbocycles. The van der Waals surface area contributed by atoms with Gasteiger partial charge in [-0.2, -0.15) is 0 Å². The molecule has 1 fully saturated rings. The van der Waals surface area contributed by atoms with Gasteiger partial charge < -0.3 is 4.74 Å². The Bertz CT molecular complexity index is 301. The van der Waals surface area contributed by atoms with Crippen molar-refractivity contribution in [3.05, 3.63) is 11.8 Å². The van der Waals surface area contributed by atoms with E-state index in [0.29, 0.717) is 12.4 Å². The van der Waals surface area contributed by atoms with Crippen molar-refractivity contribution in [3.8, 4) is 0 Å². The van der Waals surface area contributed by atoms with Crippen LogP contribution in [0.3, 0.4) is 0 Å². The summed E-state index contributed by atoms with van der Waals surface area (Å²) in [5.41, 5.74) is -0.406. The first-order valence-corrected chi connectivity index (χ1v) is 6.25. The van der Waals surface area contributed by atoms with Crippen molar-refractivity contribution in [1.29, 1.82) is 0 Å². The van der Waals surface area contributed by atoms with E-state index in [1.165, 1.54) is 19.3 Å². The van der Waals surface area contributed by atoms with Crippen LogP contribution >= 0.6 is 0 Å². The normalized spacial score (nSPS) is 22.8. The summed E-state index contributed by atoms with van der Waals surface area (Å²) in [6.07, 6.45) is 6.50. The Hall–Kier alpha value is -0.830. The van der Waals surface area contributed by atoms with Gasteiger partial charge in [0.05, 0.1) is 12.1 Å². The summed E-state index contributed by atoms with van der Waals surface area (Å²) in [6, 6.07) is 0. The molecule has 3 heteroatoms. The fraction of sp³-hybridized carbons (Fsp3) is 0.769. The molecule has 0 N–H and O–H groups in total. The first kappa shape index (κ1) is 11.6. The van der Waals surface area contributed by atoms with Crippen LogP contribution in [0, 0.1) is 0 Å². The summed E-state index contributed by atoms with van der Waals surface area (Å²) in [5.74, 6) is 0.725. The summed E-state index contributed by atoms with van der Waals surface area (Å²) in [4.78, 5) is 14.6. The predicted molar refractivity (Wildman–Crippen MR) is 63.2 cm³/mol. The van der Waals surface area contributed by atoms with Crippen molar-refractivity contribution >= 4 is 5.78 Å². The van der Waals surface area contributed by atoms with Crippen molar-refractivity contribution in [2.75, 3.05) is 19.7 Å². The lowest BCUT2D eigenvalue weighted by Crippen LogP contribution is -2.52. The predicted octanol–water partition coefficient (Wildman–Crippen LogP) is 2.12. The third-order valence-electron chi connectivity index (χ3n) is 3.63. The molecule has 0 bridgehead atoms. The molecular weight excluding hydrogens is 202 g/mol. The van der Waals surface area contributed by atoms with E-state index in [1.54, 1.807) is 0 Å². The SMILES string of the molecule is CC(C)(C(=O)C1=CCCO1)N1CCCCC1. The minimum atomic E-state index is -0.406. The van der Waals surface area contributed by atoms with Gasteiger partial charge in [0.1, 0.15) is 0 Å². The molecule has 2 aliphatic heterocycles. The Kier molecular flexibility index (Phi) is 3.33. The molecule has 16 heavy (non-hydrogen) atoms. The van der Waals surface area contributed by atoms with Crippen molar-refractivity contribution < 1.29 is 9.53 Å². The fourth-order valence-corrected chi connectivity index (χ4v) is 2.47. The van der Waals surface area contributed by atoms with Gasteiger partial charge in [0, 0.05) is 6.42 Å². The van der Waals surface area contributed by atoms with Crippen LogP contribution in [0.5, 0.6) is 0 Å². The summed E-state index contributed by atoms with van der Waals surface area (Å²) in [5, 5.41) is 0. The number of hydrogen-bond donors (Lipinski definition) is 0. The van der Waals surface area contributed by atoms with Crippen LogP contribution in [0.4, 0.5) is 0 Å². The molecule has 0 aromatic heterocycles. The van der Waals surface area contributed by atoms with Crippen molar-refractivity contribution in [1.82, 2.24) is 4.90 Å². The highest BCUT2D eigenvalue weighted by Gasteiger charge is 2.38. The fourth-order valence-electron chi connectivity index (χ4n) is 2.47. The van der Waals surface area contributed by atoms with Gasteiger partial charge in [0.25, 0.3) is 0 Å². The van der Waals surface area contributed by atoms with Crippen LogP contribution in [0.2, 0.25) is 0 Å². The molecule has 0 amide bonds. The maximum atomic E-state index is 12.3. The molecule has 0 spiro atoms. The highest BCUT2D eigenvalue weighted by atomic mass is 16.5. The van der Waals surface area contributed by atoms with Crippen molar-refractivity contribution in [2.24, 2.45) is 0 Å². The van der Waals surface area contributed by atoms with Crippen LogP contribution in [0.25, 0.3) is 0 Å². The number of hydrogen-bond acceptors (Lipinski definition) is 3. The number of rotatable bonds is 3. The van der Waals surface area contributed by atoms with E-state index in [0.717, 1.165) is 19.5 Å². The summed E-state index contributed by atoms with van der Waals surface area (Å²) in [6.45, 7) is 6.77. The first-order chi connectivity index (χ1) is 7.62. The topological polar surface area (TPSA) is 29.5 Å². The van der Waals surface area contributed by atoms with E-state index in [9.17, 15) is 4.79 Å². The van der Waals surface area contributed by atoms with Crippen LogP contribution in [-0.2, 0) is 9.53 Å². The van der Waals surface area contributed by atoms with E-state index in [-0.39, 0.29) is 5.78 Å². The number of piperidine rings is 1. The Morgan fingerprint density at radius 3 is 2.56 bits per heavy atom. The summed E-state index contributed by atoms with van der Waals surface area (Å²) in [7, 11) is 0. The first-order valence-electron chi connectivity index (χ1n) is 6.25. The van der Waals surface area contributed by atoms with E-state index in [1.807, 2.05) is 19.9 Å². The second-order valence-corrected chi connectivity index (χ2v) is 5.14. The van der Waals surface area contributed by atoms with Crippen LogP contribution in [0.15, 0.2) is 11.8 Å². The van der Waals surface area contributed by atoms with Gasteiger partial charge in [0.15, 0.2) is 5.76 Å². The minimum absolute atomic E-state index is 0.145. The number of likely N-dealkylation sites (tertiary alicyclic amines) is 1. The molecule has 2 heterocycles. The van der Waals surface area contributed by atoms with Crippen molar-refractivity contribution in [2.45, 2.75) is 45.1 Å². The van der Waals surface area contributed by atoms with Gasteiger partial charge in [-0.3, -0.25) is 9.69 Å². The number of ketones is 1. The Morgan fingerprint density at radius 1 is 1.31 bits per heavy atom. The number of carbonyl (C=O) groups excluding carboxylic acids is 1. The van der Waals surface area contributed by atoms with Gasteiger partial charge in [0.2, 0.25) is 5.78 Å². The zero-order chi connectivity index (χ0) is 11.6. The molecule has 0 aromatic rings. The van der Waals surface area contributed by atoms with Gasteiger partial charge in [-0.1, -0.05) is 6.42 Å². The monoisotopic (exact) mass is 223 g/mol. The summed E-state index contributed by atoms with van der Waals surface area (Å²) < 4.78 is 5.38. The quantitative estimate of drug-likeness (QED) is 0.734. The van der Waals surface area contributed by atoms with Gasteiger partial charge in [-0.15, -0.1) is 0 Å². The second kappa shape index (κ2) is 4.58. The lowest BCUT2D eigenvalue weighted by molar-refractivity contribution is -0.129. The lowest BCUT2D eigenvalue weighted by Gasteiger charge is -2.39.